The van der Waals surface area contributed by atoms with Gasteiger partial charge in [-0.15, -0.1) is 0 Å². The lowest BCUT2D eigenvalue weighted by molar-refractivity contribution is -0.137. The first-order chi connectivity index (χ1) is 17.1. The van der Waals surface area contributed by atoms with Gasteiger partial charge in [0.05, 0.1) is 0 Å². The van der Waals surface area contributed by atoms with Crippen LogP contribution in [0, 0.1) is 0 Å². The van der Waals surface area contributed by atoms with E-state index in [0.717, 1.165) is 38.5 Å². The molecule has 0 saturated heterocycles. The fourth-order valence-electron chi connectivity index (χ4n) is 3.79. The monoisotopic (exact) mass is 482 g/mol. The number of hydrogen-bond acceptors (Lipinski definition) is 5. The topological polar surface area (TPSA) is 61.8 Å². The quantitative estimate of drug-likeness (QED) is 0.121. The Bertz CT molecular complexity index is 862. The highest BCUT2D eigenvalue weighted by Crippen LogP contribution is 2.34. The van der Waals surface area contributed by atoms with Crippen molar-refractivity contribution in [2.45, 2.75) is 104 Å². The van der Waals surface area contributed by atoms with Crippen LogP contribution in [0.4, 0.5) is 0 Å². The smallest absolute Gasteiger partial charge is 0.311 e. The number of rotatable bonds is 18. The molecule has 0 radical (unpaired) electrons. The van der Waals surface area contributed by atoms with Crippen LogP contribution in [0.1, 0.15) is 104 Å². The van der Waals surface area contributed by atoms with Gasteiger partial charge in [0.2, 0.25) is 0 Å². The van der Waals surface area contributed by atoms with Crippen molar-refractivity contribution in [3.05, 3.63) is 48.5 Å². The lowest BCUT2D eigenvalue weighted by atomic mass is 10.1. The van der Waals surface area contributed by atoms with E-state index in [9.17, 15) is 9.59 Å². The third-order valence-corrected chi connectivity index (χ3v) is 5.81. The van der Waals surface area contributed by atoms with Crippen LogP contribution in [-0.2, 0) is 9.59 Å². The zero-order chi connectivity index (χ0) is 25.1. The number of hydrogen-bond donors (Lipinski definition) is 0. The second-order valence-electron chi connectivity index (χ2n) is 9.01. The first kappa shape index (κ1) is 28.4. The van der Waals surface area contributed by atoms with Gasteiger partial charge >= 0.3 is 11.9 Å². The van der Waals surface area contributed by atoms with Gasteiger partial charge in [-0.2, -0.15) is 0 Å². The molecule has 0 amide bonds. The van der Waals surface area contributed by atoms with Gasteiger partial charge in [0.1, 0.15) is 11.5 Å². The number of para-hydroxylation sites is 1. The fraction of sp³-hybridized carbons (Fsp3) is 0.533. The highest BCUT2D eigenvalue weighted by atomic mass is 16.6. The van der Waals surface area contributed by atoms with Gasteiger partial charge < -0.3 is 14.2 Å². The molecule has 2 rings (SSSR count). The van der Waals surface area contributed by atoms with Crippen LogP contribution in [0.2, 0.25) is 0 Å². The van der Waals surface area contributed by atoms with Crippen LogP contribution < -0.4 is 14.2 Å². The Morgan fingerprint density at radius 2 is 1.09 bits per heavy atom. The van der Waals surface area contributed by atoms with Gasteiger partial charge in [0.15, 0.2) is 11.5 Å². The second-order valence-corrected chi connectivity index (χ2v) is 9.01. The highest BCUT2D eigenvalue weighted by Gasteiger charge is 2.16. The van der Waals surface area contributed by atoms with Gasteiger partial charge in [-0.25, -0.2) is 0 Å². The molecule has 0 fully saturated rings. The van der Waals surface area contributed by atoms with E-state index in [2.05, 4.69) is 13.8 Å². The zero-order valence-electron chi connectivity index (χ0n) is 21.6. The molecule has 0 aliphatic heterocycles. The molecule has 0 N–H and O–H groups in total. The van der Waals surface area contributed by atoms with Crippen molar-refractivity contribution in [1.29, 1.82) is 0 Å². The third kappa shape index (κ3) is 12.4. The summed E-state index contributed by atoms with van der Waals surface area (Å²) in [7, 11) is 0. The predicted molar refractivity (Wildman–Crippen MR) is 140 cm³/mol. The van der Waals surface area contributed by atoms with E-state index in [1.54, 1.807) is 18.2 Å². The van der Waals surface area contributed by atoms with E-state index in [1.165, 1.54) is 38.5 Å². The summed E-state index contributed by atoms with van der Waals surface area (Å²) in [6, 6.07) is 14.3. The minimum Gasteiger partial charge on any atom is -0.457 e. The van der Waals surface area contributed by atoms with E-state index in [1.807, 2.05) is 30.3 Å². The molecule has 35 heavy (non-hydrogen) atoms. The molecule has 2 aromatic carbocycles. The molecular formula is C30H42O5. The van der Waals surface area contributed by atoms with Crippen LogP contribution in [0.25, 0.3) is 0 Å². The Morgan fingerprint density at radius 3 is 1.66 bits per heavy atom. The molecule has 0 aliphatic rings. The highest BCUT2D eigenvalue weighted by molar-refractivity contribution is 5.76. The number of carbonyl (C=O) groups excluding carboxylic acids is 2. The summed E-state index contributed by atoms with van der Waals surface area (Å²) in [6.45, 7) is 4.37. The molecule has 0 unspecified atom stereocenters. The second kappa shape index (κ2) is 17.6. The average Bonchev–Trinajstić information content (AvgIpc) is 2.85. The predicted octanol–water partition coefficient (Wildman–Crippen LogP) is 8.79. The Labute approximate surface area is 211 Å². The molecule has 0 aromatic heterocycles. The van der Waals surface area contributed by atoms with Crippen LogP contribution in [0.3, 0.4) is 0 Å². The number of ether oxygens (including phenoxy) is 3. The fourth-order valence-corrected chi connectivity index (χ4v) is 3.79. The van der Waals surface area contributed by atoms with Crippen LogP contribution >= 0.6 is 0 Å². The zero-order valence-corrected chi connectivity index (χ0v) is 21.6. The van der Waals surface area contributed by atoms with Gasteiger partial charge in [-0.05, 0) is 37.1 Å². The normalized spacial score (nSPS) is 10.7. The number of esters is 2. The average molecular weight is 483 g/mol. The first-order valence-electron chi connectivity index (χ1n) is 13.4. The summed E-state index contributed by atoms with van der Waals surface area (Å²) in [5, 5.41) is 0. The van der Waals surface area contributed by atoms with Crippen molar-refractivity contribution in [1.82, 2.24) is 0 Å². The summed E-state index contributed by atoms with van der Waals surface area (Å²) >= 11 is 0. The summed E-state index contributed by atoms with van der Waals surface area (Å²) in [5.41, 5.74) is 0. The van der Waals surface area contributed by atoms with E-state index in [4.69, 9.17) is 14.2 Å². The minimum atomic E-state index is -0.328. The lowest BCUT2D eigenvalue weighted by Gasteiger charge is -2.13. The van der Waals surface area contributed by atoms with Gasteiger partial charge in [0, 0.05) is 18.9 Å². The van der Waals surface area contributed by atoms with Gasteiger partial charge in [-0.3, -0.25) is 9.59 Å². The SMILES string of the molecule is CCCCCCCCC(=O)Oc1ccc(Oc2ccccc2)cc1OC(=O)CCCCCCCC. The summed E-state index contributed by atoms with van der Waals surface area (Å²) in [4.78, 5) is 24.9. The Hall–Kier alpha value is -2.82. The molecule has 2 aromatic rings. The van der Waals surface area contributed by atoms with E-state index in [0.29, 0.717) is 24.3 Å². The maximum atomic E-state index is 12.5. The molecule has 192 valence electrons. The molecular weight excluding hydrogens is 440 g/mol. The summed E-state index contributed by atoms with van der Waals surface area (Å²) < 4.78 is 17.1. The number of benzene rings is 2. The number of unbranched alkanes of at least 4 members (excludes halogenated alkanes) is 10. The van der Waals surface area contributed by atoms with Crippen molar-refractivity contribution in [2.75, 3.05) is 0 Å². The molecule has 0 spiro atoms. The molecule has 0 saturated carbocycles. The number of carbonyl (C=O) groups is 2. The lowest BCUT2D eigenvalue weighted by Crippen LogP contribution is -2.12. The molecule has 0 aliphatic carbocycles. The summed E-state index contributed by atoms with van der Waals surface area (Å²) in [6.07, 6.45) is 13.8. The van der Waals surface area contributed by atoms with E-state index >= 15 is 0 Å². The Morgan fingerprint density at radius 1 is 0.571 bits per heavy atom. The molecule has 5 nitrogen and oxygen atoms in total. The molecule has 0 bridgehead atoms. The molecule has 5 heteroatoms. The molecule has 0 atom stereocenters. The molecule has 0 heterocycles. The minimum absolute atomic E-state index is 0.214. The van der Waals surface area contributed by atoms with Crippen LogP contribution in [0.5, 0.6) is 23.0 Å². The third-order valence-electron chi connectivity index (χ3n) is 5.81. The van der Waals surface area contributed by atoms with Gasteiger partial charge in [-0.1, -0.05) is 96.3 Å². The van der Waals surface area contributed by atoms with Gasteiger partial charge in [0.25, 0.3) is 0 Å². The Balaban J connectivity index is 1.96. The maximum absolute atomic E-state index is 12.5. The van der Waals surface area contributed by atoms with Crippen LogP contribution in [-0.4, -0.2) is 11.9 Å². The maximum Gasteiger partial charge on any atom is 0.311 e. The van der Waals surface area contributed by atoms with Crippen molar-refractivity contribution >= 4 is 11.9 Å². The van der Waals surface area contributed by atoms with Crippen LogP contribution in [0.15, 0.2) is 48.5 Å². The van der Waals surface area contributed by atoms with Crippen molar-refractivity contribution < 1.29 is 23.8 Å². The van der Waals surface area contributed by atoms with Crippen molar-refractivity contribution in [3.8, 4) is 23.0 Å². The largest absolute Gasteiger partial charge is 0.457 e. The standard InChI is InChI=1S/C30H42O5/c1-3-5-7-9-11-16-20-29(31)34-27-23-22-26(33-25-18-14-13-15-19-25)24-28(27)35-30(32)21-17-12-10-8-6-4-2/h13-15,18-19,22-24H,3-12,16-17,20-21H2,1-2H3. The van der Waals surface area contributed by atoms with Crippen molar-refractivity contribution in [2.24, 2.45) is 0 Å². The Kier molecular flexibility index (Phi) is 14.3. The van der Waals surface area contributed by atoms with Crippen molar-refractivity contribution in [3.63, 3.8) is 0 Å². The van der Waals surface area contributed by atoms with E-state index < -0.39 is 0 Å². The van der Waals surface area contributed by atoms with E-state index in [-0.39, 0.29) is 23.4 Å². The first-order valence-corrected chi connectivity index (χ1v) is 13.4. The summed E-state index contributed by atoms with van der Waals surface area (Å²) in [5.74, 6) is 0.999.